The summed E-state index contributed by atoms with van der Waals surface area (Å²) in [5.74, 6) is 1.79. The van der Waals surface area contributed by atoms with Crippen molar-refractivity contribution >= 4 is 5.91 Å². The summed E-state index contributed by atoms with van der Waals surface area (Å²) < 4.78 is 3.87. The molecule has 0 spiro atoms. The normalized spacial score (nSPS) is 14.4. The predicted molar refractivity (Wildman–Crippen MR) is 78.9 cm³/mol. The van der Waals surface area contributed by atoms with Gasteiger partial charge in [-0.2, -0.15) is 5.10 Å². The van der Waals surface area contributed by atoms with Gasteiger partial charge in [-0.1, -0.05) is 0 Å². The molecule has 21 heavy (non-hydrogen) atoms. The summed E-state index contributed by atoms with van der Waals surface area (Å²) in [7, 11) is 0. The van der Waals surface area contributed by atoms with Crippen molar-refractivity contribution in [1.29, 1.82) is 0 Å². The van der Waals surface area contributed by atoms with Gasteiger partial charge < -0.3 is 9.88 Å². The third-order valence-corrected chi connectivity index (χ3v) is 3.75. The van der Waals surface area contributed by atoms with Crippen LogP contribution in [0.5, 0.6) is 0 Å². The van der Waals surface area contributed by atoms with Crippen LogP contribution in [0.15, 0.2) is 18.6 Å². The van der Waals surface area contributed by atoms with Gasteiger partial charge in [0.1, 0.15) is 12.4 Å². The lowest BCUT2D eigenvalue weighted by Crippen LogP contribution is -2.31. The molecule has 3 rings (SSSR count). The zero-order chi connectivity index (χ0) is 14.8. The summed E-state index contributed by atoms with van der Waals surface area (Å²) in [5, 5.41) is 7.06. The molecule has 112 valence electrons. The van der Waals surface area contributed by atoms with Crippen LogP contribution in [0.25, 0.3) is 0 Å². The van der Waals surface area contributed by atoms with E-state index in [0.29, 0.717) is 12.5 Å². The van der Waals surface area contributed by atoms with Crippen molar-refractivity contribution in [1.82, 2.24) is 24.6 Å². The molecule has 1 N–H and O–H groups in total. The van der Waals surface area contributed by atoms with Crippen LogP contribution in [0.3, 0.4) is 0 Å². The van der Waals surface area contributed by atoms with E-state index in [4.69, 9.17) is 0 Å². The number of hydrogen-bond acceptors (Lipinski definition) is 3. The van der Waals surface area contributed by atoms with Crippen LogP contribution >= 0.6 is 0 Å². The van der Waals surface area contributed by atoms with Gasteiger partial charge >= 0.3 is 0 Å². The topological polar surface area (TPSA) is 64.7 Å². The molecule has 0 aromatic carbocycles. The van der Waals surface area contributed by atoms with Crippen LogP contribution in [0.4, 0.5) is 0 Å². The SMILES string of the molecule is Cc1cnn(CC(=O)NCCn2c(C)cnc2C2CC2)c1. The van der Waals surface area contributed by atoms with E-state index < -0.39 is 0 Å². The van der Waals surface area contributed by atoms with E-state index in [0.717, 1.165) is 17.8 Å². The Balaban J connectivity index is 1.49. The fourth-order valence-corrected chi connectivity index (χ4v) is 2.50. The van der Waals surface area contributed by atoms with Crippen molar-refractivity contribution in [3.63, 3.8) is 0 Å². The summed E-state index contributed by atoms with van der Waals surface area (Å²) >= 11 is 0. The summed E-state index contributed by atoms with van der Waals surface area (Å²) in [5.41, 5.74) is 2.22. The van der Waals surface area contributed by atoms with Crippen molar-refractivity contribution in [2.45, 2.75) is 45.7 Å². The van der Waals surface area contributed by atoms with Gasteiger partial charge in [0, 0.05) is 37.1 Å². The number of aromatic nitrogens is 4. The van der Waals surface area contributed by atoms with Crippen LogP contribution in [-0.4, -0.2) is 31.8 Å². The lowest BCUT2D eigenvalue weighted by molar-refractivity contribution is -0.121. The van der Waals surface area contributed by atoms with Gasteiger partial charge in [-0.25, -0.2) is 4.98 Å². The van der Waals surface area contributed by atoms with Crippen molar-refractivity contribution < 1.29 is 4.79 Å². The molecule has 2 aromatic rings. The number of nitrogens with one attached hydrogen (secondary N) is 1. The Hall–Kier alpha value is -2.11. The third kappa shape index (κ3) is 3.32. The van der Waals surface area contributed by atoms with Crippen LogP contribution in [-0.2, 0) is 17.9 Å². The molecule has 1 amide bonds. The number of rotatable bonds is 6. The average molecular weight is 287 g/mol. The quantitative estimate of drug-likeness (QED) is 0.873. The molecular formula is C15H21N5O. The van der Waals surface area contributed by atoms with E-state index >= 15 is 0 Å². The number of imidazole rings is 1. The number of amides is 1. The Morgan fingerprint density at radius 2 is 2.19 bits per heavy atom. The zero-order valence-electron chi connectivity index (χ0n) is 12.5. The largest absolute Gasteiger partial charge is 0.353 e. The molecule has 0 radical (unpaired) electrons. The molecular weight excluding hydrogens is 266 g/mol. The maximum atomic E-state index is 11.9. The molecule has 1 saturated carbocycles. The average Bonchev–Trinajstić information content (AvgIpc) is 3.11. The van der Waals surface area contributed by atoms with Crippen molar-refractivity contribution in [2.24, 2.45) is 0 Å². The molecule has 0 bridgehead atoms. The highest BCUT2D eigenvalue weighted by Gasteiger charge is 2.28. The first kappa shape index (κ1) is 13.9. The van der Waals surface area contributed by atoms with Gasteiger partial charge in [-0.15, -0.1) is 0 Å². The first-order valence-electron chi connectivity index (χ1n) is 7.41. The van der Waals surface area contributed by atoms with Gasteiger partial charge in [0.15, 0.2) is 0 Å². The summed E-state index contributed by atoms with van der Waals surface area (Å²) in [6.45, 7) is 5.69. The molecule has 6 nitrogen and oxygen atoms in total. The summed E-state index contributed by atoms with van der Waals surface area (Å²) in [4.78, 5) is 16.4. The Labute approximate surface area is 124 Å². The van der Waals surface area contributed by atoms with E-state index in [1.54, 1.807) is 10.9 Å². The molecule has 2 aromatic heterocycles. The second-order valence-electron chi connectivity index (χ2n) is 5.75. The Kier molecular flexibility index (Phi) is 3.77. The van der Waals surface area contributed by atoms with Gasteiger partial charge in [0.25, 0.3) is 0 Å². The number of hydrogen-bond donors (Lipinski definition) is 1. The van der Waals surface area contributed by atoms with Gasteiger partial charge in [0.05, 0.1) is 6.20 Å². The number of nitrogens with zero attached hydrogens (tertiary/aromatic N) is 4. The molecule has 1 aliphatic rings. The number of carbonyl (C=O) groups excluding carboxylic acids is 1. The van der Waals surface area contributed by atoms with Crippen molar-refractivity contribution in [2.75, 3.05) is 6.54 Å². The highest BCUT2D eigenvalue weighted by Crippen LogP contribution is 2.39. The summed E-state index contributed by atoms with van der Waals surface area (Å²) in [6.07, 6.45) is 8.01. The van der Waals surface area contributed by atoms with Gasteiger partial charge in [-0.3, -0.25) is 9.48 Å². The lowest BCUT2D eigenvalue weighted by atomic mass is 10.4. The van der Waals surface area contributed by atoms with E-state index in [1.807, 2.05) is 19.3 Å². The second-order valence-corrected chi connectivity index (χ2v) is 5.75. The van der Waals surface area contributed by atoms with E-state index in [1.165, 1.54) is 18.7 Å². The minimum atomic E-state index is -0.0103. The first-order chi connectivity index (χ1) is 10.1. The van der Waals surface area contributed by atoms with Crippen LogP contribution in [0.1, 0.15) is 35.8 Å². The molecule has 2 heterocycles. The summed E-state index contributed by atoms with van der Waals surface area (Å²) in [6, 6.07) is 0. The Bertz CT molecular complexity index is 638. The number of carbonyl (C=O) groups is 1. The molecule has 1 fully saturated rings. The Morgan fingerprint density at radius 3 is 2.86 bits per heavy atom. The monoisotopic (exact) mass is 287 g/mol. The van der Waals surface area contributed by atoms with Crippen LogP contribution < -0.4 is 5.32 Å². The Morgan fingerprint density at radius 1 is 1.38 bits per heavy atom. The third-order valence-electron chi connectivity index (χ3n) is 3.75. The second kappa shape index (κ2) is 5.71. The molecule has 1 aliphatic carbocycles. The highest BCUT2D eigenvalue weighted by atomic mass is 16.2. The van der Waals surface area contributed by atoms with Crippen LogP contribution in [0.2, 0.25) is 0 Å². The maximum Gasteiger partial charge on any atom is 0.241 e. The van der Waals surface area contributed by atoms with E-state index in [9.17, 15) is 4.79 Å². The zero-order valence-corrected chi connectivity index (χ0v) is 12.5. The smallest absolute Gasteiger partial charge is 0.241 e. The van der Waals surface area contributed by atoms with E-state index in [2.05, 4.69) is 26.9 Å². The van der Waals surface area contributed by atoms with E-state index in [-0.39, 0.29) is 12.5 Å². The fraction of sp³-hybridized carbons (Fsp3) is 0.533. The number of aryl methyl sites for hydroxylation is 2. The minimum Gasteiger partial charge on any atom is -0.353 e. The van der Waals surface area contributed by atoms with Gasteiger partial charge in [0.2, 0.25) is 5.91 Å². The lowest BCUT2D eigenvalue weighted by Gasteiger charge is -2.10. The molecule has 6 heteroatoms. The van der Waals surface area contributed by atoms with Crippen LogP contribution in [0, 0.1) is 13.8 Å². The van der Waals surface area contributed by atoms with Crippen molar-refractivity contribution in [3.05, 3.63) is 35.7 Å². The molecule has 0 unspecified atom stereocenters. The highest BCUT2D eigenvalue weighted by molar-refractivity contribution is 5.75. The minimum absolute atomic E-state index is 0.0103. The molecule has 0 atom stereocenters. The van der Waals surface area contributed by atoms with Gasteiger partial charge in [-0.05, 0) is 32.3 Å². The standard InChI is InChI=1S/C15H21N5O/c1-11-7-18-19(9-11)10-14(21)16-5-6-20-12(2)8-17-15(20)13-3-4-13/h7-9,13H,3-6,10H2,1-2H3,(H,16,21). The molecule has 0 aliphatic heterocycles. The predicted octanol–water partition coefficient (Wildman–Crippen LogP) is 1.39. The fourth-order valence-electron chi connectivity index (χ4n) is 2.50. The maximum absolute atomic E-state index is 11.9. The molecule has 0 saturated heterocycles. The van der Waals surface area contributed by atoms with Crippen molar-refractivity contribution in [3.8, 4) is 0 Å². The first-order valence-corrected chi connectivity index (χ1v) is 7.41.